The molecule has 0 aromatic carbocycles. The predicted octanol–water partition coefficient (Wildman–Crippen LogP) is 3.81. The van der Waals surface area contributed by atoms with Crippen LogP contribution in [0, 0.1) is 5.92 Å². The third-order valence-electron chi connectivity index (χ3n) is 3.66. The molecule has 19 heavy (non-hydrogen) atoms. The number of aryl methyl sites for hydroxylation is 1. The topological polar surface area (TPSA) is 37.8 Å². The van der Waals surface area contributed by atoms with E-state index in [2.05, 4.69) is 29.1 Å². The van der Waals surface area contributed by atoms with E-state index in [4.69, 9.17) is 11.6 Å². The SMILES string of the molecule is CC(C)CC(CCl)Nc1ncnc2c1CCCCC2. The largest absolute Gasteiger partial charge is 0.366 e. The number of nitrogens with one attached hydrogen (secondary N) is 1. The lowest BCUT2D eigenvalue weighted by molar-refractivity contribution is 0.541. The van der Waals surface area contributed by atoms with Gasteiger partial charge in [-0.15, -0.1) is 11.6 Å². The minimum atomic E-state index is 0.295. The van der Waals surface area contributed by atoms with Gasteiger partial charge in [0.05, 0.1) is 0 Å². The molecule has 2 rings (SSSR count). The second-order valence-electron chi connectivity index (χ2n) is 5.83. The van der Waals surface area contributed by atoms with Crippen LogP contribution in [0.1, 0.15) is 50.8 Å². The molecule has 0 spiro atoms. The minimum Gasteiger partial charge on any atom is -0.366 e. The van der Waals surface area contributed by atoms with Crippen LogP contribution in [0.25, 0.3) is 0 Å². The summed E-state index contributed by atoms with van der Waals surface area (Å²) in [6.07, 6.45) is 8.72. The first-order valence-electron chi connectivity index (χ1n) is 7.36. The molecule has 1 heterocycles. The van der Waals surface area contributed by atoms with Gasteiger partial charge in [-0.3, -0.25) is 0 Å². The van der Waals surface area contributed by atoms with E-state index in [9.17, 15) is 0 Å². The molecular weight excluding hydrogens is 258 g/mol. The number of hydrogen-bond acceptors (Lipinski definition) is 3. The molecule has 0 bridgehead atoms. The van der Waals surface area contributed by atoms with Gasteiger partial charge in [0, 0.05) is 23.2 Å². The molecule has 1 unspecified atom stereocenters. The average molecular weight is 282 g/mol. The molecule has 3 nitrogen and oxygen atoms in total. The number of anilines is 1. The fourth-order valence-electron chi connectivity index (χ4n) is 2.75. The van der Waals surface area contributed by atoms with E-state index in [1.165, 1.54) is 30.5 Å². The predicted molar refractivity (Wildman–Crippen MR) is 80.9 cm³/mol. The number of nitrogens with zero attached hydrogens (tertiary/aromatic N) is 2. The number of alkyl halides is 1. The fraction of sp³-hybridized carbons (Fsp3) is 0.733. The Balaban J connectivity index is 2.15. The van der Waals surface area contributed by atoms with E-state index >= 15 is 0 Å². The zero-order chi connectivity index (χ0) is 13.7. The van der Waals surface area contributed by atoms with Gasteiger partial charge in [0.2, 0.25) is 0 Å². The molecule has 1 aromatic heterocycles. The molecule has 1 N–H and O–H groups in total. The summed E-state index contributed by atoms with van der Waals surface area (Å²) in [5.74, 6) is 2.27. The van der Waals surface area contributed by atoms with Crippen LogP contribution in [-0.4, -0.2) is 21.9 Å². The summed E-state index contributed by atoms with van der Waals surface area (Å²) in [7, 11) is 0. The summed E-state index contributed by atoms with van der Waals surface area (Å²) in [4.78, 5) is 8.90. The monoisotopic (exact) mass is 281 g/mol. The smallest absolute Gasteiger partial charge is 0.133 e. The Kier molecular flexibility index (Phi) is 5.44. The van der Waals surface area contributed by atoms with E-state index in [0.717, 1.165) is 25.1 Å². The summed E-state index contributed by atoms with van der Waals surface area (Å²) in [5.41, 5.74) is 2.55. The van der Waals surface area contributed by atoms with Crippen molar-refractivity contribution in [2.24, 2.45) is 5.92 Å². The zero-order valence-electron chi connectivity index (χ0n) is 12.0. The van der Waals surface area contributed by atoms with Crippen LogP contribution < -0.4 is 5.32 Å². The maximum atomic E-state index is 6.07. The van der Waals surface area contributed by atoms with Gasteiger partial charge < -0.3 is 5.32 Å². The Morgan fingerprint density at radius 2 is 2.00 bits per heavy atom. The van der Waals surface area contributed by atoms with E-state index in [-0.39, 0.29) is 0 Å². The minimum absolute atomic E-state index is 0.295. The Morgan fingerprint density at radius 3 is 2.74 bits per heavy atom. The van der Waals surface area contributed by atoms with Crippen molar-refractivity contribution in [2.45, 2.75) is 58.4 Å². The molecule has 1 atom stereocenters. The highest BCUT2D eigenvalue weighted by molar-refractivity contribution is 6.18. The third kappa shape index (κ3) is 4.07. The maximum absolute atomic E-state index is 6.07. The average Bonchev–Trinajstić information content (AvgIpc) is 2.63. The Bertz CT molecular complexity index is 406. The van der Waals surface area contributed by atoms with Crippen LogP contribution in [0.15, 0.2) is 6.33 Å². The van der Waals surface area contributed by atoms with Crippen LogP contribution in [0.2, 0.25) is 0 Å². The summed E-state index contributed by atoms with van der Waals surface area (Å²) in [6.45, 7) is 4.45. The van der Waals surface area contributed by atoms with Gasteiger partial charge in [-0.05, 0) is 38.0 Å². The van der Waals surface area contributed by atoms with Crippen molar-refractivity contribution in [1.82, 2.24) is 9.97 Å². The van der Waals surface area contributed by atoms with Crippen LogP contribution >= 0.6 is 11.6 Å². The van der Waals surface area contributed by atoms with Crippen LogP contribution in [-0.2, 0) is 12.8 Å². The molecule has 106 valence electrons. The van der Waals surface area contributed by atoms with Gasteiger partial charge in [-0.2, -0.15) is 0 Å². The number of fused-ring (bicyclic) bond motifs is 1. The first-order valence-corrected chi connectivity index (χ1v) is 7.89. The standard InChI is InChI=1S/C15H24ClN3/c1-11(2)8-12(9-16)19-15-13-6-4-3-5-7-14(13)17-10-18-15/h10-12H,3-9H2,1-2H3,(H,17,18,19). The second kappa shape index (κ2) is 7.09. The number of rotatable bonds is 5. The van der Waals surface area contributed by atoms with E-state index in [1.54, 1.807) is 6.33 Å². The van der Waals surface area contributed by atoms with Gasteiger partial charge in [0.25, 0.3) is 0 Å². The van der Waals surface area contributed by atoms with Gasteiger partial charge >= 0.3 is 0 Å². The summed E-state index contributed by atoms with van der Waals surface area (Å²) in [5, 5.41) is 3.53. The van der Waals surface area contributed by atoms with Crippen molar-refractivity contribution in [1.29, 1.82) is 0 Å². The number of halogens is 1. The molecule has 0 saturated carbocycles. The van der Waals surface area contributed by atoms with E-state index in [1.807, 2.05) is 0 Å². The lowest BCUT2D eigenvalue weighted by Crippen LogP contribution is -2.25. The van der Waals surface area contributed by atoms with Crippen molar-refractivity contribution in [3.63, 3.8) is 0 Å². The lowest BCUT2D eigenvalue weighted by atomic mass is 10.0. The molecule has 0 aliphatic heterocycles. The van der Waals surface area contributed by atoms with E-state index < -0.39 is 0 Å². The number of hydrogen-bond donors (Lipinski definition) is 1. The summed E-state index contributed by atoms with van der Waals surface area (Å²) in [6, 6.07) is 0.295. The molecule has 1 aromatic rings. The second-order valence-corrected chi connectivity index (χ2v) is 6.14. The summed E-state index contributed by atoms with van der Waals surface area (Å²) >= 11 is 6.07. The molecule has 0 radical (unpaired) electrons. The van der Waals surface area contributed by atoms with Gasteiger partial charge in [0.15, 0.2) is 0 Å². The highest BCUT2D eigenvalue weighted by Gasteiger charge is 2.17. The van der Waals surface area contributed by atoms with Crippen molar-refractivity contribution >= 4 is 17.4 Å². The molecule has 0 saturated heterocycles. The molecule has 1 aliphatic rings. The van der Waals surface area contributed by atoms with Gasteiger partial charge in [-0.25, -0.2) is 9.97 Å². The molecule has 4 heteroatoms. The Labute approximate surface area is 121 Å². The quantitative estimate of drug-likeness (QED) is 0.659. The third-order valence-corrected chi connectivity index (χ3v) is 4.03. The van der Waals surface area contributed by atoms with Gasteiger partial charge in [0.1, 0.15) is 12.1 Å². The normalized spacial score (nSPS) is 16.8. The van der Waals surface area contributed by atoms with Crippen LogP contribution in [0.4, 0.5) is 5.82 Å². The molecule has 1 aliphatic carbocycles. The Morgan fingerprint density at radius 1 is 1.21 bits per heavy atom. The van der Waals surface area contributed by atoms with E-state index in [0.29, 0.717) is 17.8 Å². The first-order chi connectivity index (χ1) is 9.20. The van der Waals surface area contributed by atoms with Gasteiger partial charge in [-0.1, -0.05) is 20.3 Å². The van der Waals surface area contributed by atoms with Crippen LogP contribution in [0.5, 0.6) is 0 Å². The van der Waals surface area contributed by atoms with Crippen molar-refractivity contribution < 1.29 is 0 Å². The Hall–Kier alpha value is -0.830. The lowest BCUT2D eigenvalue weighted by Gasteiger charge is -2.21. The molecular formula is C15H24ClN3. The molecule has 0 amide bonds. The number of aromatic nitrogens is 2. The first kappa shape index (κ1) is 14.6. The van der Waals surface area contributed by atoms with Crippen molar-refractivity contribution in [3.05, 3.63) is 17.6 Å². The summed E-state index contributed by atoms with van der Waals surface area (Å²) < 4.78 is 0. The maximum Gasteiger partial charge on any atom is 0.133 e. The zero-order valence-corrected chi connectivity index (χ0v) is 12.7. The molecule has 0 fully saturated rings. The van der Waals surface area contributed by atoms with Crippen LogP contribution in [0.3, 0.4) is 0 Å². The highest BCUT2D eigenvalue weighted by atomic mass is 35.5. The van der Waals surface area contributed by atoms with Crippen molar-refractivity contribution in [3.8, 4) is 0 Å². The van der Waals surface area contributed by atoms with Crippen molar-refractivity contribution in [2.75, 3.05) is 11.2 Å². The highest BCUT2D eigenvalue weighted by Crippen LogP contribution is 2.25. The fourth-order valence-corrected chi connectivity index (χ4v) is 2.95.